The molecule has 0 aliphatic heterocycles. The Kier molecular flexibility index (Phi) is 11.8. The molecule has 0 saturated heterocycles. The van der Waals surface area contributed by atoms with Crippen molar-refractivity contribution in [2.24, 2.45) is 4.99 Å². The Morgan fingerprint density at radius 2 is 1.75 bits per heavy atom. The number of rotatable bonds is 8. The maximum absolute atomic E-state index is 10.4. The molecule has 2 aromatic rings. The maximum atomic E-state index is 10.4. The van der Waals surface area contributed by atoms with E-state index in [0.717, 1.165) is 11.1 Å². The van der Waals surface area contributed by atoms with Crippen LogP contribution in [-0.2, 0) is 17.9 Å². The van der Waals surface area contributed by atoms with Crippen molar-refractivity contribution >= 4 is 53.1 Å². The molecule has 0 aliphatic carbocycles. The normalized spacial score (nSPS) is 12.2. The zero-order chi connectivity index (χ0) is 19.6. The molecule has 5 nitrogen and oxygen atoms in total. The number of nitrogens with one attached hydrogen (secondary N) is 2. The van der Waals surface area contributed by atoms with Crippen molar-refractivity contribution in [1.82, 2.24) is 10.6 Å². The van der Waals surface area contributed by atoms with Crippen LogP contribution in [0.25, 0.3) is 0 Å². The van der Waals surface area contributed by atoms with Gasteiger partial charge in [0.05, 0.1) is 19.3 Å². The van der Waals surface area contributed by atoms with E-state index in [4.69, 9.17) is 27.9 Å². The lowest BCUT2D eigenvalue weighted by Gasteiger charge is -2.16. The molecule has 0 amide bonds. The minimum atomic E-state index is -0.758. The van der Waals surface area contributed by atoms with E-state index in [9.17, 15) is 5.11 Å². The smallest absolute Gasteiger partial charge is 0.191 e. The van der Waals surface area contributed by atoms with Gasteiger partial charge in [-0.1, -0.05) is 47.5 Å². The predicted molar refractivity (Wildman–Crippen MR) is 127 cm³/mol. The predicted octanol–water partition coefficient (Wildman–Crippen LogP) is 4.55. The summed E-state index contributed by atoms with van der Waals surface area (Å²) in [7, 11) is 1.68. The Hall–Kier alpha value is -1.06. The first kappa shape index (κ1) is 25.0. The Labute approximate surface area is 193 Å². The Morgan fingerprint density at radius 1 is 1.11 bits per heavy atom. The van der Waals surface area contributed by atoms with E-state index in [-0.39, 0.29) is 30.5 Å². The van der Waals surface area contributed by atoms with Gasteiger partial charge in [-0.3, -0.25) is 0 Å². The molecule has 154 valence electrons. The lowest BCUT2D eigenvalue weighted by molar-refractivity contribution is 0.181. The van der Waals surface area contributed by atoms with E-state index in [2.05, 4.69) is 15.6 Å². The Balaban J connectivity index is 0.00000392. The molecule has 1 atom stereocenters. The number of hydrogen-bond acceptors (Lipinski definition) is 3. The monoisotopic (exact) mass is 537 g/mol. The second-order valence-corrected chi connectivity index (χ2v) is 6.87. The first-order valence-electron chi connectivity index (χ1n) is 8.75. The molecule has 1 unspecified atom stereocenters. The van der Waals surface area contributed by atoms with Crippen LogP contribution in [0.1, 0.15) is 29.7 Å². The number of aliphatic hydroxyl groups excluding tert-OH is 1. The van der Waals surface area contributed by atoms with Gasteiger partial charge in [-0.25, -0.2) is 4.99 Å². The largest absolute Gasteiger partial charge is 0.387 e. The minimum Gasteiger partial charge on any atom is -0.387 e. The van der Waals surface area contributed by atoms with Crippen molar-refractivity contribution in [3.63, 3.8) is 0 Å². The van der Waals surface area contributed by atoms with Crippen molar-refractivity contribution in [3.8, 4) is 0 Å². The van der Waals surface area contributed by atoms with Gasteiger partial charge >= 0.3 is 0 Å². The Bertz CT molecular complexity index is 755. The summed E-state index contributed by atoms with van der Waals surface area (Å²) in [6.45, 7) is 4.04. The average Bonchev–Trinajstić information content (AvgIpc) is 2.64. The maximum Gasteiger partial charge on any atom is 0.191 e. The second kappa shape index (κ2) is 13.2. The molecule has 8 heteroatoms. The zero-order valence-corrected chi connectivity index (χ0v) is 19.8. The Morgan fingerprint density at radius 3 is 2.36 bits per heavy atom. The molecule has 0 saturated carbocycles. The van der Waals surface area contributed by atoms with Crippen LogP contribution in [0.15, 0.2) is 47.5 Å². The third-order valence-electron chi connectivity index (χ3n) is 3.90. The molecular weight excluding hydrogens is 512 g/mol. The molecule has 0 radical (unpaired) electrons. The summed E-state index contributed by atoms with van der Waals surface area (Å²) >= 11 is 12.0. The van der Waals surface area contributed by atoms with E-state index in [1.807, 2.05) is 31.2 Å². The summed E-state index contributed by atoms with van der Waals surface area (Å²) in [5.41, 5.74) is 2.85. The fourth-order valence-corrected chi connectivity index (χ4v) is 3.14. The number of hydrogen-bond donors (Lipinski definition) is 3. The molecule has 3 N–H and O–H groups in total. The van der Waals surface area contributed by atoms with Crippen LogP contribution in [0.2, 0.25) is 10.0 Å². The minimum absolute atomic E-state index is 0. The van der Waals surface area contributed by atoms with Gasteiger partial charge in [-0.15, -0.1) is 24.0 Å². The molecule has 0 bridgehead atoms. The van der Waals surface area contributed by atoms with Gasteiger partial charge in [0.2, 0.25) is 0 Å². The molecule has 0 fully saturated rings. The van der Waals surface area contributed by atoms with E-state index in [1.165, 1.54) is 0 Å². The van der Waals surface area contributed by atoms with Gasteiger partial charge in [0.1, 0.15) is 0 Å². The van der Waals surface area contributed by atoms with Crippen molar-refractivity contribution in [3.05, 3.63) is 69.2 Å². The summed E-state index contributed by atoms with van der Waals surface area (Å²) in [4.78, 5) is 4.60. The highest BCUT2D eigenvalue weighted by Gasteiger charge is 2.11. The first-order valence-corrected chi connectivity index (χ1v) is 9.51. The van der Waals surface area contributed by atoms with Crippen molar-refractivity contribution < 1.29 is 9.84 Å². The van der Waals surface area contributed by atoms with Gasteiger partial charge in [0, 0.05) is 30.2 Å². The van der Waals surface area contributed by atoms with Gasteiger partial charge in [0.25, 0.3) is 0 Å². The van der Waals surface area contributed by atoms with Gasteiger partial charge < -0.3 is 20.5 Å². The van der Waals surface area contributed by atoms with Gasteiger partial charge in [-0.05, 0) is 41.8 Å². The first-order chi connectivity index (χ1) is 13.0. The number of aliphatic imine (C=N–C) groups is 1. The third-order valence-corrected chi connectivity index (χ3v) is 4.34. The summed E-state index contributed by atoms with van der Waals surface area (Å²) < 4.78 is 5.24. The lowest BCUT2D eigenvalue weighted by Crippen LogP contribution is -2.39. The summed E-state index contributed by atoms with van der Waals surface area (Å²) in [5, 5.41) is 17.7. The van der Waals surface area contributed by atoms with Crippen LogP contribution >= 0.6 is 47.2 Å². The average molecular weight is 538 g/mol. The van der Waals surface area contributed by atoms with Crippen molar-refractivity contribution in [2.45, 2.75) is 26.2 Å². The van der Waals surface area contributed by atoms with Crippen LogP contribution in [0, 0.1) is 0 Å². The highest BCUT2D eigenvalue weighted by molar-refractivity contribution is 14.0. The fraction of sp³-hybridized carbons (Fsp3) is 0.350. The van der Waals surface area contributed by atoms with Crippen LogP contribution in [0.3, 0.4) is 0 Å². The fourth-order valence-electron chi connectivity index (χ4n) is 2.59. The summed E-state index contributed by atoms with van der Waals surface area (Å²) in [6.07, 6.45) is -0.758. The molecule has 0 aliphatic rings. The number of nitrogens with zero attached hydrogens (tertiary/aromatic N) is 1. The quantitative estimate of drug-likeness (QED) is 0.262. The highest BCUT2D eigenvalue weighted by Crippen LogP contribution is 2.23. The van der Waals surface area contributed by atoms with E-state index >= 15 is 0 Å². The molecule has 28 heavy (non-hydrogen) atoms. The molecule has 0 aromatic heterocycles. The number of methoxy groups -OCH3 is 1. The van der Waals surface area contributed by atoms with Crippen molar-refractivity contribution in [1.29, 1.82) is 0 Å². The molecule has 2 aromatic carbocycles. The third kappa shape index (κ3) is 8.13. The molecule has 2 rings (SSSR count). The SMILES string of the molecule is CCNC(=NCc1ccccc1COC)NCC(O)c1cc(Cl)cc(Cl)c1.I. The lowest BCUT2D eigenvalue weighted by atomic mass is 10.1. The zero-order valence-electron chi connectivity index (χ0n) is 15.9. The van der Waals surface area contributed by atoms with Crippen LogP contribution in [-0.4, -0.2) is 31.3 Å². The highest BCUT2D eigenvalue weighted by atomic mass is 127. The van der Waals surface area contributed by atoms with Crippen molar-refractivity contribution in [2.75, 3.05) is 20.2 Å². The number of ether oxygens (including phenoxy) is 1. The van der Waals surface area contributed by atoms with Crippen LogP contribution in [0.5, 0.6) is 0 Å². The van der Waals surface area contributed by atoms with Gasteiger partial charge in [-0.2, -0.15) is 0 Å². The van der Waals surface area contributed by atoms with Gasteiger partial charge in [0.15, 0.2) is 5.96 Å². The summed E-state index contributed by atoms with van der Waals surface area (Å²) in [5.74, 6) is 0.622. The second-order valence-electron chi connectivity index (χ2n) is 6.00. The molecule has 0 spiro atoms. The number of benzene rings is 2. The van der Waals surface area contributed by atoms with E-state index < -0.39 is 6.10 Å². The van der Waals surface area contributed by atoms with E-state index in [0.29, 0.717) is 41.3 Å². The van der Waals surface area contributed by atoms with E-state index in [1.54, 1.807) is 25.3 Å². The topological polar surface area (TPSA) is 65.9 Å². The van der Waals surface area contributed by atoms with Crippen LogP contribution in [0.4, 0.5) is 0 Å². The standard InChI is InChI=1S/C20H25Cl2N3O2.HI/c1-3-23-20(24-11-14-6-4-5-7-15(14)13-27-2)25-12-19(26)16-8-17(21)10-18(22)9-16;/h4-10,19,26H,3,11-13H2,1-2H3,(H2,23,24,25);1H. The van der Waals surface area contributed by atoms with Crippen LogP contribution < -0.4 is 10.6 Å². The molecule has 0 heterocycles. The number of halogens is 3. The summed E-state index contributed by atoms with van der Waals surface area (Å²) in [6, 6.07) is 13.1. The number of aliphatic hydroxyl groups is 1. The molecular formula is C20H26Cl2IN3O2. The number of guanidine groups is 1.